The molecular weight excluding hydrogens is 534 g/mol. The molecular formula is C17H18I2N2O3. The van der Waals surface area contributed by atoms with E-state index in [9.17, 15) is 4.79 Å². The third kappa shape index (κ3) is 4.51. The Morgan fingerprint density at radius 1 is 1.17 bits per heavy atom. The molecule has 1 atom stereocenters. The number of carbonyl (C=O) groups is 1. The Bertz CT molecular complexity index is 747. The summed E-state index contributed by atoms with van der Waals surface area (Å²) in [7, 11) is 0. The molecule has 5 N–H and O–H groups in total. The molecule has 24 heavy (non-hydrogen) atoms. The van der Waals surface area contributed by atoms with Crippen molar-refractivity contribution in [2.45, 2.75) is 26.3 Å². The molecule has 1 unspecified atom stereocenters. The van der Waals surface area contributed by atoms with Gasteiger partial charge in [0.15, 0.2) is 5.75 Å². The van der Waals surface area contributed by atoms with Gasteiger partial charge < -0.3 is 21.3 Å². The molecule has 0 spiro atoms. The fourth-order valence-corrected chi connectivity index (χ4v) is 4.40. The van der Waals surface area contributed by atoms with Gasteiger partial charge in [0.1, 0.15) is 11.8 Å². The molecule has 2 aromatic rings. The van der Waals surface area contributed by atoms with Gasteiger partial charge in [0.2, 0.25) is 0 Å². The molecule has 0 aliphatic carbocycles. The third-order valence-corrected chi connectivity index (χ3v) is 5.22. The van der Waals surface area contributed by atoms with E-state index in [1.165, 1.54) is 0 Å². The minimum Gasteiger partial charge on any atom is -0.480 e. The van der Waals surface area contributed by atoms with E-state index in [0.717, 1.165) is 41.0 Å². The Labute approximate surface area is 168 Å². The van der Waals surface area contributed by atoms with Gasteiger partial charge in [-0.2, -0.15) is 0 Å². The number of halogens is 2. The van der Waals surface area contributed by atoms with Crippen molar-refractivity contribution in [3.8, 4) is 11.5 Å². The van der Waals surface area contributed by atoms with Crippen molar-refractivity contribution in [1.82, 2.24) is 0 Å². The molecule has 0 heterocycles. The van der Waals surface area contributed by atoms with Crippen LogP contribution in [0.2, 0.25) is 0 Å². The molecule has 0 aliphatic heterocycles. The topological polar surface area (TPSA) is 98.6 Å². The number of nitrogens with two attached hydrogens (primary N) is 2. The van der Waals surface area contributed by atoms with E-state index >= 15 is 0 Å². The van der Waals surface area contributed by atoms with Gasteiger partial charge in [-0.05, 0) is 106 Å². The summed E-state index contributed by atoms with van der Waals surface area (Å²) in [6, 6.07) is 6.70. The molecule has 0 aromatic heterocycles. The first kappa shape index (κ1) is 19.3. The highest BCUT2D eigenvalue weighted by atomic mass is 127. The van der Waals surface area contributed by atoms with Crippen molar-refractivity contribution in [2.75, 3.05) is 5.73 Å². The normalized spacial score (nSPS) is 12.0. The fraction of sp³-hybridized carbons (Fsp3) is 0.235. The highest BCUT2D eigenvalue weighted by Crippen LogP contribution is 2.35. The molecule has 5 nitrogen and oxygen atoms in total. The zero-order valence-electron chi connectivity index (χ0n) is 13.3. The summed E-state index contributed by atoms with van der Waals surface area (Å²) < 4.78 is 7.85. The third-order valence-electron chi connectivity index (χ3n) is 3.62. The molecule has 0 saturated heterocycles. The predicted molar refractivity (Wildman–Crippen MR) is 112 cm³/mol. The zero-order valence-corrected chi connectivity index (χ0v) is 17.6. The molecule has 2 rings (SSSR count). The molecule has 0 aliphatic rings. The first-order chi connectivity index (χ1) is 11.2. The molecule has 2 aromatic carbocycles. The molecule has 0 fully saturated rings. The lowest BCUT2D eigenvalue weighted by molar-refractivity contribution is -0.138. The Balaban J connectivity index is 2.30. The summed E-state index contributed by atoms with van der Waals surface area (Å²) in [4.78, 5) is 10.9. The first-order valence-corrected chi connectivity index (χ1v) is 9.35. The lowest BCUT2D eigenvalue weighted by atomic mass is 10.1. The van der Waals surface area contributed by atoms with Crippen LogP contribution in [0.1, 0.15) is 16.7 Å². The lowest BCUT2D eigenvalue weighted by Gasteiger charge is -2.15. The Morgan fingerprint density at radius 3 is 2.12 bits per heavy atom. The first-order valence-electron chi connectivity index (χ1n) is 7.20. The molecule has 0 saturated carbocycles. The molecule has 0 amide bonds. The van der Waals surface area contributed by atoms with E-state index in [2.05, 4.69) is 45.2 Å². The smallest absolute Gasteiger partial charge is 0.320 e. The minimum atomic E-state index is -1.01. The number of anilines is 1. The minimum absolute atomic E-state index is 0.279. The summed E-state index contributed by atoms with van der Waals surface area (Å²) in [6.45, 7) is 3.89. The Morgan fingerprint density at radius 2 is 1.67 bits per heavy atom. The summed E-state index contributed by atoms with van der Waals surface area (Å²) in [5.41, 5.74) is 15.2. The fourth-order valence-electron chi connectivity index (χ4n) is 2.28. The number of aryl methyl sites for hydroxylation is 2. The van der Waals surface area contributed by atoms with Gasteiger partial charge >= 0.3 is 5.97 Å². The van der Waals surface area contributed by atoms with Crippen LogP contribution in [0.3, 0.4) is 0 Å². The maximum absolute atomic E-state index is 10.9. The molecule has 7 heteroatoms. The largest absolute Gasteiger partial charge is 0.480 e. The number of rotatable bonds is 5. The zero-order chi connectivity index (χ0) is 18.0. The monoisotopic (exact) mass is 552 g/mol. The number of benzene rings is 2. The van der Waals surface area contributed by atoms with Crippen LogP contribution >= 0.6 is 45.2 Å². The van der Waals surface area contributed by atoms with E-state index in [0.29, 0.717) is 0 Å². The second-order valence-electron chi connectivity index (χ2n) is 5.61. The van der Waals surface area contributed by atoms with Crippen molar-refractivity contribution < 1.29 is 14.6 Å². The summed E-state index contributed by atoms with van der Waals surface area (Å²) >= 11 is 4.37. The van der Waals surface area contributed by atoms with E-state index in [-0.39, 0.29) is 6.42 Å². The van der Waals surface area contributed by atoms with E-state index in [1.54, 1.807) is 0 Å². The van der Waals surface area contributed by atoms with Crippen LogP contribution in [0.5, 0.6) is 11.5 Å². The summed E-state index contributed by atoms with van der Waals surface area (Å²) in [6.07, 6.45) is 0.279. The highest BCUT2D eigenvalue weighted by molar-refractivity contribution is 14.1. The summed E-state index contributed by atoms with van der Waals surface area (Å²) in [5.74, 6) is 0.464. The van der Waals surface area contributed by atoms with Crippen LogP contribution in [0.4, 0.5) is 5.69 Å². The van der Waals surface area contributed by atoms with Gasteiger partial charge in [0.05, 0.1) is 7.14 Å². The van der Waals surface area contributed by atoms with Crippen molar-refractivity contribution in [3.05, 3.63) is 48.1 Å². The Hall–Kier alpha value is -1.07. The average Bonchev–Trinajstić information content (AvgIpc) is 2.48. The van der Waals surface area contributed by atoms with Crippen LogP contribution in [0, 0.1) is 21.0 Å². The quantitative estimate of drug-likeness (QED) is 0.387. The second-order valence-corrected chi connectivity index (χ2v) is 7.93. The number of ether oxygens (including phenoxy) is 1. The van der Waals surface area contributed by atoms with Crippen LogP contribution < -0.4 is 16.2 Å². The standard InChI is InChI=1S/C17H18I2N2O3/c1-8-3-11(4-9(2)15(8)21)24-16-12(18)5-10(6-13(16)19)7-14(20)17(22)23/h3-6,14H,7,20-21H2,1-2H3,(H,22,23). The predicted octanol–water partition coefficient (Wildman–Crippen LogP) is 3.84. The molecule has 128 valence electrons. The van der Waals surface area contributed by atoms with Crippen molar-refractivity contribution in [1.29, 1.82) is 0 Å². The van der Waals surface area contributed by atoms with Gasteiger partial charge in [-0.25, -0.2) is 0 Å². The summed E-state index contributed by atoms with van der Waals surface area (Å²) in [5, 5.41) is 8.94. The Kier molecular flexibility index (Phi) is 6.32. The van der Waals surface area contributed by atoms with Crippen molar-refractivity contribution in [3.63, 3.8) is 0 Å². The van der Waals surface area contributed by atoms with Gasteiger partial charge in [-0.1, -0.05) is 0 Å². The number of hydrogen-bond acceptors (Lipinski definition) is 4. The molecule has 0 bridgehead atoms. The van der Waals surface area contributed by atoms with Crippen LogP contribution in [0.25, 0.3) is 0 Å². The average molecular weight is 552 g/mol. The second kappa shape index (κ2) is 7.87. The van der Waals surface area contributed by atoms with Gasteiger partial charge in [0.25, 0.3) is 0 Å². The lowest BCUT2D eigenvalue weighted by Crippen LogP contribution is -2.32. The van der Waals surface area contributed by atoms with Crippen LogP contribution in [-0.2, 0) is 11.2 Å². The number of hydrogen-bond donors (Lipinski definition) is 3. The SMILES string of the molecule is Cc1cc(Oc2c(I)cc(CC(N)C(=O)O)cc2I)cc(C)c1N. The highest BCUT2D eigenvalue weighted by Gasteiger charge is 2.16. The maximum Gasteiger partial charge on any atom is 0.320 e. The van der Waals surface area contributed by atoms with Gasteiger partial charge in [0, 0.05) is 5.69 Å². The van der Waals surface area contributed by atoms with Crippen molar-refractivity contribution >= 4 is 56.8 Å². The molecule has 0 radical (unpaired) electrons. The van der Waals surface area contributed by atoms with E-state index in [4.69, 9.17) is 21.3 Å². The number of nitrogen functional groups attached to an aromatic ring is 1. The van der Waals surface area contributed by atoms with Crippen molar-refractivity contribution in [2.24, 2.45) is 5.73 Å². The maximum atomic E-state index is 10.9. The van der Waals surface area contributed by atoms with Gasteiger partial charge in [-0.3, -0.25) is 4.79 Å². The van der Waals surface area contributed by atoms with Crippen LogP contribution in [-0.4, -0.2) is 17.1 Å². The van der Waals surface area contributed by atoms with Gasteiger partial charge in [-0.15, -0.1) is 0 Å². The van der Waals surface area contributed by atoms with E-state index in [1.807, 2.05) is 38.1 Å². The van der Waals surface area contributed by atoms with Crippen LogP contribution in [0.15, 0.2) is 24.3 Å². The number of aliphatic carboxylic acids is 1. The number of carboxylic acid groups (broad SMARTS) is 1. The van der Waals surface area contributed by atoms with E-state index < -0.39 is 12.0 Å². The number of carboxylic acids is 1.